The van der Waals surface area contributed by atoms with E-state index in [0.29, 0.717) is 0 Å². The monoisotopic (exact) mass is 883 g/mol. The van der Waals surface area contributed by atoms with Gasteiger partial charge >= 0.3 is 0 Å². The average Bonchev–Trinajstić information content (AvgIpc) is 4.04. The van der Waals surface area contributed by atoms with Gasteiger partial charge in [0.25, 0.3) is 0 Å². The van der Waals surface area contributed by atoms with Crippen LogP contribution in [-0.4, -0.2) is 9.13 Å². The van der Waals surface area contributed by atoms with E-state index < -0.39 is 0 Å². The molecule has 3 nitrogen and oxygen atoms in total. The molecule has 0 amide bonds. The van der Waals surface area contributed by atoms with Crippen LogP contribution in [0.4, 0.5) is 17.1 Å². The molecular weight excluding hydrogens is 835 g/mol. The minimum atomic E-state index is -0.120. The molecule has 2 aromatic heterocycles. The van der Waals surface area contributed by atoms with E-state index in [0.717, 1.165) is 28.4 Å². The Morgan fingerprint density at radius 1 is 0.290 bits per heavy atom. The second kappa shape index (κ2) is 14.6. The van der Waals surface area contributed by atoms with Gasteiger partial charge in [0.2, 0.25) is 0 Å². The number of nitrogens with zero attached hydrogens (tertiary/aromatic N) is 3. The molecule has 2 aliphatic rings. The highest BCUT2D eigenvalue weighted by molar-refractivity contribution is 6.19. The molecule has 69 heavy (non-hydrogen) atoms. The molecule has 0 fully saturated rings. The summed E-state index contributed by atoms with van der Waals surface area (Å²) in [7, 11) is 0. The third-order valence-corrected chi connectivity index (χ3v) is 15.7. The summed E-state index contributed by atoms with van der Waals surface area (Å²) in [4.78, 5) is 2.47. The van der Waals surface area contributed by atoms with Gasteiger partial charge in [-0.3, -0.25) is 0 Å². The lowest BCUT2D eigenvalue weighted by molar-refractivity contribution is 0.660. The molecule has 0 N–H and O–H groups in total. The first kappa shape index (κ1) is 39.7. The van der Waals surface area contributed by atoms with E-state index in [2.05, 4.69) is 266 Å². The van der Waals surface area contributed by atoms with E-state index in [1.165, 1.54) is 99.2 Å². The quantitative estimate of drug-likeness (QED) is 0.162. The fraction of sp³-hybridized carbons (Fsp3) is 0.0909. The maximum atomic E-state index is 2.47. The summed E-state index contributed by atoms with van der Waals surface area (Å²) in [5.74, 6) is 0. The smallest absolute Gasteiger partial charge is 0.0548 e. The van der Waals surface area contributed by atoms with Gasteiger partial charge in [-0.2, -0.15) is 0 Å². The van der Waals surface area contributed by atoms with Crippen LogP contribution in [0.25, 0.3) is 88.4 Å². The van der Waals surface area contributed by atoms with Gasteiger partial charge in [-0.25, -0.2) is 0 Å². The molecule has 0 radical (unpaired) electrons. The van der Waals surface area contributed by atoms with Crippen LogP contribution in [-0.2, 0) is 10.8 Å². The fourth-order valence-corrected chi connectivity index (χ4v) is 12.3. The second-order valence-electron chi connectivity index (χ2n) is 20.2. The first-order chi connectivity index (χ1) is 33.7. The number of hydrogen-bond donors (Lipinski definition) is 0. The van der Waals surface area contributed by atoms with Crippen molar-refractivity contribution in [2.75, 3.05) is 4.90 Å². The average molecular weight is 884 g/mol. The Labute approximate surface area is 402 Å². The summed E-state index contributed by atoms with van der Waals surface area (Å²) in [5, 5.41) is 4.96. The third kappa shape index (κ3) is 5.74. The SMILES string of the molecule is CC1(C)c2ccccc2-c2ccc(N(c3ccc(-c4ccc5c(c4)c4cc6c(cc4n5-c4ccccc4)c4ccccc4n6-c4ccccc4)cc3)c3ccc4c(c3)C(C)(C)c3ccccc3-4)cc21. The van der Waals surface area contributed by atoms with E-state index in [4.69, 9.17) is 0 Å². The van der Waals surface area contributed by atoms with Crippen LogP contribution in [0.1, 0.15) is 49.9 Å². The molecule has 0 atom stereocenters. The van der Waals surface area contributed by atoms with Crippen LogP contribution in [0.2, 0.25) is 0 Å². The van der Waals surface area contributed by atoms with Crippen molar-refractivity contribution in [3.8, 4) is 44.8 Å². The van der Waals surface area contributed by atoms with Crippen molar-refractivity contribution in [3.63, 3.8) is 0 Å². The number of anilines is 3. The molecule has 0 spiro atoms. The standard InChI is InChI=1S/C66H49N3/c1-65(2)57-24-14-11-21-49(57)51-34-32-47(38-59(51)65)67(48-33-35-52-50-22-12-15-25-58(50)66(3,4)60(52)39-48)46-30-27-42(28-31-46)43-29-36-62-54(37-43)56-41-63-55(40-64(56)69(62)45-19-9-6-10-20-45)53-23-13-16-26-61(53)68(63)44-17-7-5-8-18-44/h5-41H,1-4H3. The van der Waals surface area contributed by atoms with Gasteiger partial charge in [0.15, 0.2) is 0 Å². The summed E-state index contributed by atoms with van der Waals surface area (Å²) < 4.78 is 4.86. The van der Waals surface area contributed by atoms with Crippen LogP contribution < -0.4 is 4.90 Å². The topological polar surface area (TPSA) is 13.1 Å². The van der Waals surface area contributed by atoms with Crippen molar-refractivity contribution < 1.29 is 0 Å². The van der Waals surface area contributed by atoms with Gasteiger partial charge in [-0.15, -0.1) is 0 Å². The summed E-state index contributed by atoms with van der Waals surface area (Å²) >= 11 is 0. The zero-order valence-corrected chi connectivity index (χ0v) is 39.2. The van der Waals surface area contributed by atoms with Crippen LogP contribution in [0.15, 0.2) is 224 Å². The van der Waals surface area contributed by atoms with Crippen molar-refractivity contribution in [1.82, 2.24) is 9.13 Å². The van der Waals surface area contributed by atoms with Gasteiger partial charge in [-0.05, 0) is 147 Å². The number of benzene rings is 10. The lowest BCUT2D eigenvalue weighted by atomic mass is 9.82. The highest BCUT2D eigenvalue weighted by atomic mass is 15.1. The molecule has 0 saturated carbocycles. The normalized spacial score (nSPS) is 14.0. The number of rotatable bonds is 6. The zero-order chi connectivity index (χ0) is 46.2. The molecule has 3 heteroatoms. The maximum absolute atomic E-state index is 2.47. The fourth-order valence-electron chi connectivity index (χ4n) is 12.3. The highest BCUT2D eigenvalue weighted by Gasteiger charge is 2.38. The van der Waals surface area contributed by atoms with Crippen LogP contribution in [0.3, 0.4) is 0 Å². The Kier molecular flexibility index (Phi) is 8.38. The third-order valence-electron chi connectivity index (χ3n) is 15.7. The van der Waals surface area contributed by atoms with Gasteiger partial charge in [0.1, 0.15) is 0 Å². The number of fused-ring (bicyclic) bond motifs is 12. The predicted octanol–water partition coefficient (Wildman–Crippen LogP) is 17.6. The maximum Gasteiger partial charge on any atom is 0.0548 e. The minimum absolute atomic E-state index is 0.120. The lowest BCUT2D eigenvalue weighted by Crippen LogP contribution is -2.18. The molecule has 0 saturated heterocycles. The van der Waals surface area contributed by atoms with E-state index >= 15 is 0 Å². The van der Waals surface area contributed by atoms with E-state index in [1.54, 1.807) is 0 Å². The Morgan fingerprint density at radius 3 is 1.28 bits per heavy atom. The van der Waals surface area contributed by atoms with E-state index in [9.17, 15) is 0 Å². The summed E-state index contributed by atoms with van der Waals surface area (Å²) in [6.45, 7) is 9.48. The predicted molar refractivity (Wildman–Crippen MR) is 290 cm³/mol. The summed E-state index contributed by atoms with van der Waals surface area (Å²) in [6.07, 6.45) is 0. The van der Waals surface area contributed by atoms with Crippen LogP contribution >= 0.6 is 0 Å². The summed E-state index contributed by atoms with van der Waals surface area (Å²) in [5.41, 5.74) is 23.5. The van der Waals surface area contributed by atoms with Gasteiger partial charge in [-0.1, -0.05) is 161 Å². The van der Waals surface area contributed by atoms with Crippen molar-refractivity contribution in [3.05, 3.63) is 247 Å². The number of para-hydroxylation sites is 3. The number of aromatic nitrogens is 2. The van der Waals surface area contributed by atoms with Crippen molar-refractivity contribution in [2.45, 2.75) is 38.5 Å². The molecule has 10 aromatic carbocycles. The molecule has 12 aromatic rings. The minimum Gasteiger partial charge on any atom is -0.310 e. The molecule has 2 heterocycles. The Morgan fingerprint density at radius 2 is 0.710 bits per heavy atom. The van der Waals surface area contributed by atoms with Crippen molar-refractivity contribution >= 4 is 60.7 Å². The van der Waals surface area contributed by atoms with E-state index in [1.807, 2.05) is 0 Å². The van der Waals surface area contributed by atoms with Crippen molar-refractivity contribution in [2.24, 2.45) is 0 Å². The molecule has 328 valence electrons. The molecular formula is C66H49N3. The first-order valence-electron chi connectivity index (χ1n) is 24.3. The molecule has 2 aliphatic carbocycles. The van der Waals surface area contributed by atoms with Gasteiger partial charge in [0, 0.05) is 60.8 Å². The van der Waals surface area contributed by atoms with Gasteiger partial charge < -0.3 is 14.0 Å². The van der Waals surface area contributed by atoms with Crippen molar-refractivity contribution in [1.29, 1.82) is 0 Å². The lowest BCUT2D eigenvalue weighted by Gasteiger charge is -2.30. The number of hydrogen-bond acceptors (Lipinski definition) is 1. The van der Waals surface area contributed by atoms with Crippen LogP contribution in [0.5, 0.6) is 0 Å². The largest absolute Gasteiger partial charge is 0.310 e. The summed E-state index contributed by atoms with van der Waals surface area (Å²) in [6, 6.07) is 83.6. The first-order valence-corrected chi connectivity index (χ1v) is 24.3. The Balaban J connectivity index is 0.931. The molecule has 0 unspecified atom stereocenters. The Hall–Kier alpha value is -8.40. The molecule has 14 rings (SSSR count). The highest BCUT2D eigenvalue weighted by Crippen LogP contribution is 2.53. The Bertz CT molecular complexity index is 3950. The molecule has 0 bridgehead atoms. The second-order valence-corrected chi connectivity index (χ2v) is 20.2. The van der Waals surface area contributed by atoms with E-state index in [-0.39, 0.29) is 10.8 Å². The van der Waals surface area contributed by atoms with Crippen LogP contribution in [0, 0.1) is 0 Å². The van der Waals surface area contributed by atoms with Gasteiger partial charge in [0.05, 0.1) is 22.1 Å². The zero-order valence-electron chi connectivity index (χ0n) is 39.2. The molecule has 0 aliphatic heterocycles.